The highest BCUT2D eigenvalue weighted by Crippen LogP contribution is 2.33. The van der Waals surface area contributed by atoms with Crippen LogP contribution in [0.3, 0.4) is 0 Å². The van der Waals surface area contributed by atoms with E-state index in [9.17, 15) is 0 Å². The number of aromatic nitrogens is 2. The molecule has 4 heteroatoms. The summed E-state index contributed by atoms with van der Waals surface area (Å²) in [5.74, 6) is 1.92. The van der Waals surface area contributed by atoms with Gasteiger partial charge in [-0.1, -0.05) is 30.3 Å². The Morgan fingerprint density at radius 2 is 1.83 bits per heavy atom. The molecule has 2 aromatic heterocycles. The number of likely N-dealkylation sites (N-methyl/N-ethyl adjacent to an activating group) is 1. The van der Waals surface area contributed by atoms with E-state index in [4.69, 9.17) is 4.74 Å². The Balaban J connectivity index is 1.77. The zero-order valence-electron chi connectivity index (χ0n) is 18.6. The van der Waals surface area contributed by atoms with Crippen molar-refractivity contribution in [3.05, 3.63) is 77.2 Å². The lowest BCUT2D eigenvalue weighted by Gasteiger charge is -2.20. The number of rotatable bonds is 7. The topological polar surface area (TPSA) is 29.8 Å². The molecule has 0 fully saturated rings. The first kappa shape index (κ1) is 20.4. The summed E-state index contributed by atoms with van der Waals surface area (Å²) < 4.78 is 8.44. The maximum Gasteiger partial charge on any atom is 0.120 e. The zero-order valence-corrected chi connectivity index (χ0v) is 18.6. The molecule has 0 aliphatic carbocycles. The second-order valence-electron chi connectivity index (χ2n) is 8.43. The molecule has 0 saturated heterocycles. The number of hydrogen-bond donors (Lipinski definition) is 0. The summed E-state index contributed by atoms with van der Waals surface area (Å²) in [5.41, 5.74) is 6.26. The van der Waals surface area contributed by atoms with Crippen molar-refractivity contribution in [2.45, 2.75) is 46.8 Å². The van der Waals surface area contributed by atoms with E-state index in [0.29, 0.717) is 12.6 Å². The predicted molar refractivity (Wildman–Crippen MR) is 124 cm³/mol. The van der Waals surface area contributed by atoms with Crippen LogP contribution in [0.1, 0.15) is 36.4 Å². The van der Waals surface area contributed by atoms with Gasteiger partial charge < -0.3 is 9.64 Å². The van der Waals surface area contributed by atoms with E-state index in [1.54, 1.807) is 0 Å². The molecule has 4 nitrogen and oxygen atoms in total. The van der Waals surface area contributed by atoms with Gasteiger partial charge in [0.05, 0.1) is 11.0 Å². The maximum absolute atomic E-state index is 6.14. The largest absolute Gasteiger partial charge is 0.489 e. The Kier molecular flexibility index (Phi) is 5.78. The molecular weight excluding hydrogens is 370 g/mol. The average molecular weight is 402 g/mol. The SMILES string of the molecule is Cc1cnc(C)n2c1c(CCN(C)C(C)C)c1cc(OCc3ccccc3)ccc12. The number of benzene rings is 2. The van der Waals surface area contributed by atoms with Crippen LogP contribution in [0.5, 0.6) is 5.75 Å². The Morgan fingerprint density at radius 3 is 2.57 bits per heavy atom. The molecule has 0 saturated carbocycles. The molecule has 0 spiro atoms. The standard InChI is InChI=1S/C26H31N3O/c1-18(2)28(5)14-13-23-24-15-22(30-17-21-9-7-6-8-10-21)11-12-25(24)29-20(4)27-16-19(3)26(23)29/h6-12,15-16,18H,13-14,17H2,1-5H3. The Labute approximate surface area is 179 Å². The molecule has 0 N–H and O–H groups in total. The Bertz CT molecular complexity index is 1160. The molecule has 0 aliphatic rings. The van der Waals surface area contributed by atoms with Gasteiger partial charge in [-0.3, -0.25) is 4.40 Å². The van der Waals surface area contributed by atoms with Crippen LogP contribution >= 0.6 is 0 Å². The van der Waals surface area contributed by atoms with E-state index < -0.39 is 0 Å². The lowest BCUT2D eigenvalue weighted by molar-refractivity contribution is 0.278. The molecule has 2 heterocycles. The lowest BCUT2D eigenvalue weighted by Crippen LogP contribution is -2.28. The fourth-order valence-corrected chi connectivity index (χ4v) is 4.02. The second-order valence-corrected chi connectivity index (χ2v) is 8.43. The first-order valence-electron chi connectivity index (χ1n) is 10.7. The van der Waals surface area contributed by atoms with Crippen molar-refractivity contribution in [2.75, 3.05) is 13.6 Å². The summed E-state index contributed by atoms with van der Waals surface area (Å²) in [4.78, 5) is 7.01. The van der Waals surface area contributed by atoms with Crippen molar-refractivity contribution in [3.63, 3.8) is 0 Å². The van der Waals surface area contributed by atoms with E-state index >= 15 is 0 Å². The first-order valence-corrected chi connectivity index (χ1v) is 10.7. The van der Waals surface area contributed by atoms with Gasteiger partial charge >= 0.3 is 0 Å². The molecule has 4 rings (SSSR count). The highest BCUT2D eigenvalue weighted by molar-refractivity contribution is 5.94. The summed E-state index contributed by atoms with van der Waals surface area (Å²) in [7, 11) is 2.19. The predicted octanol–water partition coefficient (Wildman–Crippen LogP) is 5.57. The minimum atomic E-state index is 0.527. The molecule has 0 unspecified atom stereocenters. The van der Waals surface area contributed by atoms with Gasteiger partial charge in [0, 0.05) is 24.2 Å². The second kappa shape index (κ2) is 8.49. The molecule has 0 bridgehead atoms. The lowest BCUT2D eigenvalue weighted by atomic mass is 10.1. The van der Waals surface area contributed by atoms with Crippen molar-refractivity contribution >= 4 is 16.4 Å². The van der Waals surface area contributed by atoms with Crippen LogP contribution < -0.4 is 4.74 Å². The van der Waals surface area contributed by atoms with Crippen LogP contribution in [0.2, 0.25) is 0 Å². The van der Waals surface area contributed by atoms with Gasteiger partial charge in [0.25, 0.3) is 0 Å². The van der Waals surface area contributed by atoms with E-state index in [-0.39, 0.29) is 0 Å². The van der Waals surface area contributed by atoms with Gasteiger partial charge in [-0.25, -0.2) is 4.98 Å². The van der Waals surface area contributed by atoms with Crippen LogP contribution in [0.4, 0.5) is 0 Å². The fraction of sp³-hybridized carbons (Fsp3) is 0.346. The van der Waals surface area contributed by atoms with Gasteiger partial charge in [-0.05, 0) is 76.1 Å². The fourth-order valence-electron chi connectivity index (χ4n) is 4.02. The normalized spacial score (nSPS) is 11.8. The summed E-state index contributed by atoms with van der Waals surface area (Å²) in [5, 5.41) is 1.26. The van der Waals surface area contributed by atoms with E-state index in [2.05, 4.69) is 79.4 Å². The van der Waals surface area contributed by atoms with Crippen LogP contribution in [0.25, 0.3) is 16.4 Å². The number of fused-ring (bicyclic) bond motifs is 3. The highest BCUT2D eigenvalue weighted by Gasteiger charge is 2.17. The quantitative estimate of drug-likeness (QED) is 0.406. The van der Waals surface area contributed by atoms with E-state index in [0.717, 1.165) is 24.5 Å². The van der Waals surface area contributed by atoms with Crippen molar-refractivity contribution < 1.29 is 4.74 Å². The number of aryl methyl sites for hydroxylation is 2. The Morgan fingerprint density at radius 1 is 1.07 bits per heavy atom. The maximum atomic E-state index is 6.14. The molecule has 156 valence electrons. The van der Waals surface area contributed by atoms with Crippen LogP contribution in [0.15, 0.2) is 54.7 Å². The van der Waals surface area contributed by atoms with Gasteiger partial charge in [0.2, 0.25) is 0 Å². The average Bonchev–Trinajstić information content (AvgIpc) is 3.08. The summed E-state index contributed by atoms with van der Waals surface area (Å²) >= 11 is 0. The Hall–Kier alpha value is -2.85. The smallest absolute Gasteiger partial charge is 0.120 e. The summed E-state index contributed by atoms with van der Waals surface area (Å²) in [6, 6.07) is 17.3. The van der Waals surface area contributed by atoms with E-state index in [1.807, 2.05) is 24.4 Å². The first-order chi connectivity index (χ1) is 14.5. The molecular formula is C26H31N3O. The molecule has 0 aliphatic heterocycles. The highest BCUT2D eigenvalue weighted by atomic mass is 16.5. The zero-order chi connectivity index (χ0) is 21.3. The molecule has 0 radical (unpaired) electrons. The number of hydrogen-bond acceptors (Lipinski definition) is 3. The number of ether oxygens (including phenoxy) is 1. The van der Waals surface area contributed by atoms with Gasteiger partial charge in [0.15, 0.2) is 0 Å². The van der Waals surface area contributed by atoms with Gasteiger partial charge in [-0.15, -0.1) is 0 Å². The van der Waals surface area contributed by atoms with Gasteiger partial charge in [0.1, 0.15) is 18.2 Å². The minimum Gasteiger partial charge on any atom is -0.489 e. The van der Waals surface area contributed by atoms with Crippen molar-refractivity contribution in [3.8, 4) is 5.75 Å². The van der Waals surface area contributed by atoms with Crippen LogP contribution in [-0.4, -0.2) is 33.9 Å². The third kappa shape index (κ3) is 3.92. The number of nitrogens with zero attached hydrogens (tertiary/aromatic N) is 3. The van der Waals surface area contributed by atoms with Crippen molar-refractivity contribution in [1.29, 1.82) is 0 Å². The molecule has 0 amide bonds. The molecule has 30 heavy (non-hydrogen) atoms. The summed E-state index contributed by atoms with van der Waals surface area (Å²) in [6.07, 6.45) is 2.99. The minimum absolute atomic E-state index is 0.527. The monoisotopic (exact) mass is 401 g/mol. The van der Waals surface area contributed by atoms with Crippen molar-refractivity contribution in [2.24, 2.45) is 0 Å². The molecule has 4 aromatic rings. The molecule has 0 atom stereocenters. The van der Waals surface area contributed by atoms with Crippen LogP contribution in [-0.2, 0) is 13.0 Å². The van der Waals surface area contributed by atoms with Crippen LogP contribution in [0, 0.1) is 13.8 Å². The third-order valence-electron chi connectivity index (χ3n) is 6.03. The van der Waals surface area contributed by atoms with E-state index in [1.165, 1.54) is 33.1 Å². The summed E-state index contributed by atoms with van der Waals surface area (Å²) in [6.45, 7) is 10.3. The van der Waals surface area contributed by atoms with Gasteiger partial charge in [-0.2, -0.15) is 0 Å². The molecule has 2 aromatic carbocycles. The van der Waals surface area contributed by atoms with Crippen molar-refractivity contribution in [1.82, 2.24) is 14.3 Å². The third-order valence-corrected chi connectivity index (χ3v) is 6.03.